The van der Waals surface area contributed by atoms with Crippen LogP contribution in [0.3, 0.4) is 0 Å². The molecule has 0 N–H and O–H groups in total. The quantitative estimate of drug-likeness (QED) is 0.160. The molecule has 0 fully saturated rings. The van der Waals surface area contributed by atoms with E-state index in [2.05, 4.69) is 79.4 Å². The summed E-state index contributed by atoms with van der Waals surface area (Å²) in [7, 11) is 0. The van der Waals surface area contributed by atoms with E-state index >= 15 is 0 Å². The van der Waals surface area contributed by atoms with Crippen molar-refractivity contribution in [2.75, 3.05) is 4.90 Å². The lowest BCUT2D eigenvalue weighted by Gasteiger charge is -2.27. The number of ketones is 2. The van der Waals surface area contributed by atoms with E-state index in [0.29, 0.717) is 22.6 Å². The second-order valence-corrected chi connectivity index (χ2v) is 11.6. The molecule has 5 nitrogen and oxygen atoms in total. The van der Waals surface area contributed by atoms with E-state index in [1.165, 1.54) is 10.8 Å². The molecule has 2 aromatic heterocycles. The molecular formula is C38H26N2O3. The number of aromatic nitrogens is 1. The zero-order chi connectivity index (χ0) is 29.3. The molecule has 8 rings (SSSR count). The van der Waals surface area contributed by atoms with Crippen LogP contribution in [0.5, 0.6) is 0 Å². The smallest absolute Gasteiger partial charge is 0.197 e. The number of hydrogen-bond acceptors (Lipinski definition) is 5. The first-order valence-corrected chi connectivity index (χ1v) is 14.3. The van der Waals surface area contributed by atoms with Crippen molar-refractivity contribution >= 4 is 45.5 Å². The third-order valence-electron chi connectivity index (χ3n) is 8.64. The normalized spacial score (nSPS) is 14.5. The minimum absolute atomic E-state index is 0.129. The molecule has 0 amide bonds. The number of pyridine rings is 1. The standard InChI is InChI=1S/C38H26N2O3/c1-38(2)32-19-27(40(25-12-4-3-5-13-25)26-17-16-23-10-6-7-11-24(23)18-26)22-39-34(32)37-33(38)21-28(43-37)20-31-35(41)29-14-8-9-15-30(29)36(31)42/h3-22H,1-2H3. The molecule has 2 aliphatic rings. The highest BCUT2D eigenvalue weighted by Crippen LogP contribution is 2.51. The van der Waals surface area contributed by atoms with Crippen molar-refractivity contribution < 1.29 is 14.0 Å². The maximum absolute atomic E-state index is 13.0. The molecule has 0 bridgehead atoms. The summed E-state index contributed by atoms with van der Waals surface area (Å²) in [5, 5.41) is 2.35. The summed E-state index contributed by atoms with van der Waals surface area (Å²) >= 11 is 0. The minimum atomic E-state index is -0.410. The van der Waals surface area contributed by atoms with Gasteiger partial charge in [-0.15, -0.1) is 0 Å². The lowest BCUT2D eigenvalue weighted by atomic mass is 9.83. The number of furan rings is 1. The van der Waals surface area contributed by atoms with Gasteiger partial charge in [0.05, 0.1) is 17.5 Å². The highest BCUT2D eigenvalue weighted by Gasteiger charge is 2.41. The summed E-state index contributed by atoms with van der Waals surface area (Å²) in [6.07, 6.45) is 3.46. The molecular weight excluding hydrogens is 532 g/mol. The Morgan fingerprint density at radius 1 is 0.674 bits per heavy atom. The van der Waals surface area contributed by atoms with Gasteiger partial charge in [0.15, 0.2) is 17.3 Å². The number of hydrogen-bond donors (Lipinski definition) is 0. The Morgan fingerprint density at radius 2 is 1.35 bits per heavy atom. The number of nitrogens with zero attached hydrogens (tertiary/aromatic N) is 2. The van der Waals surface area contributed by atoms with Gasteiger partial charge >= 0.3 is 0 Å². The number of benzene rings is 4. The Morgan fingerprint density at radius 3 is 2.09 bits per heavy atom. The number of carbonyl (C=O) groups is 2. The van der Waals surface area contributed by atoms with E-state index in [0.717, 1.165) is 33.9 Å². The second-order valence-electron chi connectivity index (χ2n) is 11.6. The topological polar surface area (TPSA) is 63.4 Å². The van der Waals surface area contributed by atoms with Crippen LogP contribution < -0.4 is 4.90 Å². The molecule has 0 radical (unpaired) electrons. The molecule has 0 saturated heterocycles. The number of para-hydroxylation sites is 1. The maximum Gasteiger partial charge on any atom is 0.197 e. The summed E-state index contributed by atoms with van der Waals surface area (Å²) in [6, 6.07) is 36.2. The van der Waals surface area contributed by atoms with Gasteiger partial charge < -0.3 is 9.32 Å². The fraction of sp³-hybridized carbons (Fsp3) is 0.0789. The average molecular weight is 559 g/mol. The predicted molar refractivity (Wildman–Crippen MR) is 169 cm³/mol. The summed E-state index contributed by atoms with van der Waals surface area (Å²) in [6.45, 7) is 4.31. The van der Waals surface area contributed by atoms with Crippen LogP contribution in [0.15, 0.2) is 125 Å². The van der Waals surface area contributed by atoms with Crippen molar-refractivity contribution in [3.8, 4) is 11.5 Å². The van der Waals surface area contributed by atoms with E-state index in [1.54, 1.807) is 30.3 Å². The van der Waals surface area contributed by atoms with Crippen molar-refractivity contribution in [3.63, 3.8) is 0 Å². The van der Waals surface area contributed by atoms with E-state index in [4.69, 9.17) is 9.40 Å². The Balaban J connectivity index is 1.21. The van der Waals surface area contributed by atoms with E-state index in [1.807, 2.05) is 30.5 Å². The van der Waals surface area contributed by atoms with Crippen molar-refractivity contribution in [2.24, 2.45) is 0 Å². The van der Waals surface area contributed by atoms with Crippen LogP contribution in [0, 0.1) is 0 Å². The molecule has 2 heterocycles. The first kappa shape index (κ1) is 25.2. The summed E-state index contributed by atoms with van der Waals surface area (Å²) in [4.78, 5) is 33.1. The number of allylic oxidation sites excluding steroid dienone is 1. The number of Topliss-reactive ketones (excluding diaryl/α,β-unsaturated/α-hetero) is 2. The van der Waals surface area contributed by atoms with Crippen molar-refractivity contribution in [3.05, 3.63) is 149 Å². The molecule has 2 aliphatic carbocycles. The number of carbonyl (C=O) groups excluding carboxylic acids is 2. The van der Waals surface area contributed by atoms with Gasteiger partial charge in [-0.2, -0.15) is 0 Å². The largest absolute Gasteiger partial charge is 0.455 e. The molecule has 43 heavy (non-hydrogen) atoms. The molecule has 0 aliphatic heterocycles. The average Bonchev–Trinajstić information content (AvgIpc) is 3.63. The zero-order valence-electron chi connectivity index (χ0n) is 23.7. The Labute approximate surface area is 248 Å². The number of anilines is 3. The molecule has 0 atom stereocenters. The van der Waals surface area contributed by atoms with Crippen molar-refractivity contribution in [1.82, 2.24) is 4.98 Å². The third kappa shape index (κ3) is 3.82. The van der Waals surface area contributed by atoms with Crippen LogP contribution in [0.4, 0.5) is 17.1 Å². The van der Waals surface area contributed by atoms with Crippen LogP contribution in [0.25, 0.3) is 28.3 Å². The lowest BCUT2D eigenvalue weighted by molar-refractivity contribution is 0.0990. The van der Waals surface area contributed by atoms with Gasteiger partial charge in [0.25, 0.3) is 0 Å². The maximum atomic E-state index is 13.0. The SMILES string of the molecule is CC1(C)c2cc(N(c3ccccc3)c3ccc4ccccc4c3)cnc2-c2oc(C=C3C(=O)c4ccccc4C3=O)cc21. The molecule has 4 aromatic carbocycles. The first-order valence-electron chi connectivity index (χ1n) is 14.3. The van der Waals surface area contributed by atoms with Gasteiger partial charge in [-0.3, -0.25) is 14.6 Å². The number of fused-ring (bicyclic) bond motifs is 5. The fourth-order valence-corrected chi connectivity index (χ4v) is 6.39. The highest BCUT2D eigenvalue weighted by atomic mass is 16.3. The van der Waals surface area contributed by atoms with Crippen molar-refractivity contribution in [2.45, 2.75) is 19.3 Å². The van der Waals surface area contributed by atoms with Crippen LogP contribution >= 0.6 is 0 Å². The Kier molecular flexibility index (Phi) is 5.41. The fourth-order valence-electron chi connectivity index (χ4n) is 6.39. The first-order chi connectivity index (χ1) is 20.9. The van der Waals surface area contributed by atoms with Crippen LogP contribution in [-0.4, -0.2) is 16.6 Å². The molecule has 0 unspecified atom stereocenters. The van der Waals surface area contributed by atoms with Gasteiger partial charge in [-0.25, -0.2) is 0 Å². The van der Waals surface area contributed by atoms with Crippen LogP contribution in [0.2, 0.25) is 0 Å². The van der Waals surface area contributed by atoms with Gasteiger partial charge in [-0.1, -0.05) is 86.6 Å². The molecule has 0 saturated carbocycles. The number of rotatable bonds is 4. The highest BCUT2D eigenvalue weighted by molar-refractivity contribution is 6.41. The Hall–Kier alpha value is -5.55. The van der Waals surface area contributed by atoms with Gasteiger partial charge in [-0.05, 0) is 58.8 Å². The summed E-state index contributed by atoms with van der Waals surface area (Å²) in [5.41, 5.74) is 6.42. The van der Waals surface area contributed by atoms with Crippen LogP contribution in [0.1, 0.15) is 51.5 Å². The Bertz CT molecular complexity index is 2120. The van der Waals surface area contributed by atoms with E-state index in [9.17, 15) is 9.59 Å². The molecule has 6 aromatic rings. The lowest BCUT2D eigenvalue weighted by Crippen LogP contribution is -2.17. The minimum Gasteiger partial charge on any atom is -0.455 e. The molecule has 5 heteroatoms. The van der Waals surface area contributed by atoms with Gasteiger partial charge in [0.1, 0.15) is 11.5 Å². The van der Waals surface area contributed by atoms with E-state index in [-0.39, 0.29) is 17.1 Å². The monoisotopic (exact) mass is 558 g/mol. The molecule has 206 valence electrons. The second kappa shape index (κ2) is 9.23. The van der Waals surface area contributed by atoms with Crippen LogP contribution in [-0.2, 0) is 5.41 Å². The summed E-state index contributed by atoms with van der Waals surface area (Å²) in [5.74, 6) is 0.607. The molecule has 0 spiro atoms. The van der Waals surface area contributed by atoms with Crippen molar-refractivity contribution in [1.29, 1.82) is 0 Å². The van der Waals surface area contributed by atoms with E-state index < -0.39 is 5.41 Å². The zero-order valence-corrected chi connectivity index (χ0v) is 23.7. The third-order valence-corrected chi connectivity index (χ3v) is 8.64. The summed E-state index contributed by atoms with van der Waals surface area (Å²) < 4.78 is 6.31. The van der Waals surface area contributed by atoms with Gasteiger partial charge in [0.2, 0.25) is 0 Å². The predicted octanol–water partition coefficient (Wildman–Crippen LogP) is 9.07. The van der Waals surface area contributed by atoms with Gasteiger partial charge in [0, 0.05) is 33.5 Å².